The van der Waals surface area contributed by atoms with Crippen molar-refractivity contribution < 1.29 is 4.79 Å². The number of hydrogen-bond donors (Lipinski definition) is 2. The molecule has 1 aromatic heterocycles. The van der Waals surface area contributed by atoms with E-state index < -0.39 is 0 Å². The predicted octanol–water partition coefficient (Wildman–Crippen LogP) is 0.855. The molecule has 0 aliphatic heterocycles. The van der Waals surface area contributed by atoms with E-state index in [9.17, 15) is 4.79 Å². The molecule has 1 amide bonds. The van der Waals surface area contributed by atoms with Gasteiger partial charge in [-0.25, -0.2) is 0 Å². The van der Waals surface area contributed by atoms with Crippen molar-refractivity contribution in [1.29, 1.82) is 0 Å². The first-order valence-corrected chi connectivity index (χ1v) is 4.70. The molecule has 0 fully saturated rings. The second-order valence-electron chi connectivity index (χ2n) is 4.09. The Morgan fingerprint density at radius 3 is 2.79 bits per heavy atom. The van der Waals surface area contributed by atoms with Gasteiger partial charge in [0.1, 0.15) is 12.9 Å². The lowest BCUT2D eigenvalue weighted by Crippen LogP contribution is -2.42. The fraction of sp³-hybridized carbons (Fsp3) is 0.625. The molecule has 0 aliphatic carbocycles. The molecule has 1 heterocycles. The van der Waals surface area contributed by atoms with E-state index in [1.54, 1.807) is 4.57 Å². The lowest BCUT2D eigenvalue weighted by molar-refractivity contribution is -0.123. The maximum atomic E-state index is 11.5. The Morgan fingerprint density at radius 2 is 2.36 bits per heavy atom. The summed E-state index contributed by atoms with van der Waals surface area (Å²) in [5.74, 6) is -0.0741. The van der Waals surface area contributed by atoms with Gasteiger partial charge in [-0.05, 0) is 33.0 Å². The highest BCUT2D eigenvalue weighted by Gasteiger charge is 2.13. The summed E-state index contributed by atoms with van der Waals surface area (Å²) in [4.78, 5) is 11.5. The van der Waals surface area contributed by atoms with Gasteiger partial charge in [-0.1, -0.05) is 0 Å². The molecule has 78 valence electrons. The molecule has 0 unspecified atom stereocenters. The zero-order chi connectivity index (χ0) is 10.8. The van der Waals surface area contributed by atoms with Crippen LogP contribution in [0.2, 0.25) is 0 Å². The number of H-pyrrole nitrogens is 1. The van der Waals surface area contributed by atoms with Crippen LogP contribution in [-0.4, -0.2) is 26.2 Å². The second-order valence-corrected chi connectivity index (χ2v) is 4.47. The summed E-state index contributed by atoms with van der Waals surface area (Å²) in [6.07, 6.45) is 1.50. The van der Waals surface area contributed by atoms with Crippen molar-refractivity contribution in [2.75, 3.05) is 0 Å². The van der Waals surface area contributed by atoms with Crippen molar-refractivity contribution in [1.82, 2.24) is 20.1 Å². The van der Waals surface area contributed by atoms with E-state index in [0.717, 1.165) is 0 Å². The molecule has 0 bridgehead atoms. The van der Waals surface area contributed by atoms with Gasteiger partial charge in [-0.15, -0.1) is 0 Å². The Labute approximate surface area is 87.5 Å². The molecule has 0 saturated carbocycles. The summed E-state index contributed by atoms with van der Waals surface area (Å²) in [7, 11) is 0. The molecular formula is C8H14N4OS. The summed E-state index contributed by atoms with van der Waals surface area (Å²) < 4.78 is 2.03. The van der Waals surface area contributed by atoms with Crippen LogP contribution in [-0.2, 0) is 11.3 Å². The van der Waals surface area contributed by atoms with Gasteiger partial charge in [0, 0.05) is 5.54 Å². The number of aromatic amines is 1. The average molecular weight is 214 g/mol. The maximum absolute atomic E-state index is 11.5. The molecule has 0 aliphatic rings. The lowest BCUT2D eigenvalue weighted by atomic mass is 10.1. The Morgan fingerprint density at radius 1 is 1.71 bits per heavy atom. The Balaban J connectivity index is 2.59. The van der Waals surface area contributed by atoms with Crippen molar-refractivity contribution in [2.45, 2.75) is 32.9 Å². The van der Waals surface area contributed by atoms with Crippen molar-refractivity contribution in [3.63, 3.8) is 0 Å². The average Bonchev–Trinajstić information content (AvgIpc) is 2.32. The molecule has 0 saturated heterocycles. The van der Waals surface area contributed by atoms with E-state index in [1.807, 2.05) is 20.8 Å². The molecule has 0 atom stereocenters. The topological polar surface area (TPSA) is 62.7 Å². The number of hydrogen-bond acceptors (Lipinski definition) is 3. The molecule has 0 aromatic carbocycles. The zero-order valence-electron chi connectivity index (χ0n) is 8.50. The number of nitrogens with one attached hydrogen (secondary N) is 2. The summed E-state index contributed by atoms with van der Waals surface area (Å²) in [5.41, 5.74) is -0.219. The van der Waals surface area contributed by atoms with Crippen molar-refractivity contribution in [3.8, 4) is 0 Å². The SMILES string of the molecule is CC(C)(C)NC(=O)Cn1cn[nH]c1=S. The quantitative estimate of drug-likeness (QED) is 0.718. The maximum Gasteiger partial charge on any atom is 0.240 e. The smallest absolute Gasteiger partial charge is 0.240 e. The molecule has 0 radical (unpaired) electrons. The van der Waals surface area contributed by atoms with E-state index >= 15 is 0 Å². The van der Waals surface area contributed by atoms with Crippen molar-refractivity contribution >= 4 is 18.1 Å². The number of nitrogens with zero attached hydrogens (tertiary/aromatic N) is 2. The fourth-order valence-corrected chi connectivity index (χ4v) is 1.16. The van der Waals surface area contributed by atoms with Crippen LogP contribution in [0.15, 0.2) is 6.33 Å². The third kappa shape index (κ3) is 3.29. The first-order chi connectivity index (χ1) is 6.38. The molecule has 5 nitrogen and oxygen atoms in total. The first kappa shape index (κ1) is 10.9. The van der Waals surface area contributed by atoms with Crippen LogP contribution in [0.3, 0.4) is 0 Å². The monoisotopic (exact) mass is 214 g/mol. The van der Waals surface area contributed by atoms with Crippen LogP contribution in [0.25, 0.3) is 0 Å². The highest BCUT2D eigenvalue weighted by molar-refractivity contribution is 7.71. The largest absolute Gasteiger partial charge is 0.350 e. The summed E-state index contributed by atoms with van der Waals surface area (Å²) >= 11 is 4.91. The third-order valence-electron chi connectivity index (χ3n) is 1.45. The van der Waals surface area contributed by atoms with E-state index in [0.29, 0.717) is 4.77 Å². The predicted molar refractivity (Wildman–Crippen MR) is 55.3 cm³/mol. The minimum absolute atomic E-state index is 0.0741. The van der Waals surface area contributed by atoms with E-state index in [2.05, 4.69) is 15.5 Å². The number of aromatic nitrogens is 3. The summed E-state index contributed by atoms with van der Waals surface area (Å²) in [6.45, 7) is 5.99. The number of carbonyl (C=O) groups excluding carboxylic acids is 1. The van der Waals surface area contributed by atoms with Gasteiger partial charge in [0.2, 0.25) is 5.91 Å². The highest BCUT2D eigenvalue weighted by atomic mass is 32.1. The molecule has 1 aromatic rings. The second kappa shape index (κ2) is 3.91. The summed E-state index contributed by atoms with van der Waals surface area (Å²) in [6, 6.07) is 0. The minimum atomic E-state index is -0.219. The van der Waals surface area contributed by atoms with Crippen LogP contribution < -0.4 is 5.32 Å². The molecule has 0 spiro atoms. The van der Waals surface area contributed by atoms with Crippen molar-refractivity contribution in [2.24, 2.45) is 0 Å². The molecular weight excluding hydrogens is 200 g/mol. The van der Waals surface area contributed by atoms with Crippen LogP contribution in [0.1, 0.15) is 20.8 Å². The van der Waals surface area contributed by atoms with Gasteiger partial charge < -0.3 is 5.32 Å². The van der Waals surface area contributed by atoms with Gasteiger partial charge in [0.15, 0.2) is 4.77 Å². The molecule has 2 N–H and O–H groups in total. The van der Waals surface area contributed by atoms with Crippen LogP contribution >= 0.6 is 12.2 Å². The molecule has 14 heavy (non-hydrogen) atoms. The third-order valence-corrected chi connectivity index (χ3v) is 1.77. The normalized spacial score (nSPS) is 11.4. The van der Waals surface area contributed by atoms with Gasteiger partial charge in [0.05, 0.1) is 0 Å². The van der Waals surface area contributed by atoms with Crippen LogP contribution in [0, 0.1) is 4.77 Å². The number of amides is 1. The van der Waals surface area contributed by atoms with Gasteiger partial charge in [-0.2, -0.15) is 5.10 Å². The van der Waals surface area contributed by atoms with Gasteiger partial charge in [-0.3, -0.25) is 14.5 Å². The molecule has 1 rings (SSSR count). The molecule has 6 heteroatoms. The van der Waals surface area contributed by atoms with E-state index in [-0.39, 0.29) is 18.0 Å². The zero-order valence-corrected chi connectivity index (χ0v) is 9.31. The Kier molecular flexibility index (Phi) is 3.05. The van der Waals surface area contributed by atoms with E-state index in [1.165, 1.54) is 6.33 Å². The first-order valence-electron chi connectivity index (χ1n) is 4.29. The van der Waals surface area contributed by atoms with Crippen molar-refractivity contribution in [3.05, 3.63) is 11.1 Å². The van der Waals surface area contributed by atoms with Crippen LogP contribution in [0.5, 0.6) is 0 Å². The Bertz CT molecular complexity index is 373. The number of rotatable bonds is 2. The van der Waals surface area contributed by atoms with E-state index in [4.69, 9.17) is 12.2 Å². The fourth-order valence-electron chi connectivity index (χ4n) is 0.996. The summed E-state index contributed by atoms with van der Waals surface area (Å²) in [5, 5.41) is 9.15. The standard InChI is InChI=1S/C8H14N4OS/c1-8(2,3)10-6(13)4-12-5-9-11-7(12)14/h5H,4H2,1-3H3,(H,10,13)(H,11,14). The highest BCUT2D eigenvalue weighted by Crippen LogP contribution is 1.98. The van der Waals surface area contributed by atoms with Crippen LogP contribution in [0.4, 0.5) is 0 Å². The lowest BCUT2D eigenvalue weighted by Gasteiger charge is -2.20. The van der Waals surface area contributed by atoms with Gasteiger partial charge in [0.25, 0.3) is 0 Å². The Hall–Kier alpha value is -1.17. The van der Waals surface area contributed by atoms with Gasteiger partial charge >= 0.3 is 0 Å². The number of carbonyl (C=O) groups is 1. The minimum Gasteiger partial charge on any atom is -0.350 e.